The van der Waals surface area contributed by atoms with E-state index >= 15 is 0 Å². The van der Waals surface area contributed by atoms with Gasteiger partial charge in [0.25, 0.3) is 0 Å². The van der Waals surface area contributed by atoms with E-state index < -0.39 is 9.84 Å². The number of H-pyrrole nitrogens is 2. The number of sulfone groups is 1. The highest BCUT2D eigenvalue weighted by molar-refractivity contribution is 7.91. The highest BCUT2D eigenvalue weighted by atomic mass is 35.5. The molecule has 136 valence electrons. The minimum absolute atomic E-state index is 0.314. The summed E-state index contributed by atoms with van der Waals surface area (Å²) in [5.74, 6) is 0. The molecule has 4 rings (SSSR count). The first-order valence-corrected chi connectivity index (χ1v) is 10.5. The lowest BCUT2D eigenvalue weighted by Gasteiger charge is -2.18. The second kappa shape index (κ2) is 6.14. The molecule has 3 heterocycles. The van der Waals surface area contributed by atoms with Crippen LogP contribution in [0, 0.1) is 0 Å². The quantitative estimate of drug-likeness (QED) is 0.711. The number of rotatable bonds is 3. The first-order valence-electron chi connectivity index (χ1n) is 8.14. The average Bonchev–Trinajstić information content (AvgIpc) is 3.20. The number of hydrogen-bond donors (Lipinski definition) is 2. The standard InChI is InChI=1S/C17H17ClN4O3S/c1-26(24,25)12-6-7-22(9-12)11-4-2-10(3-5-11)15-13(18)8-14-16(20-15)21-17(23)19-14/h2-5,8,12H,6-7,9H2,1H3,(H2,19,20,21,23). The first kappa shape index (κ1) is 17.1. The number of pyridine rings is 1. The van der Waals surface area contributed by atoms with Gasteiger partial charge in [0.05, 0.1) is 21.5 Å². The van der Waals surface area contributed by atoms with E-state index in [2.05, 4.69) is 19.9 Å². The van der Waals surface area contributed by atoms with E-state index in [1.54, 1.807) is 6.07 Å². The lowest BCUT2D eigenvalue weighted by Crippen LogP contribution is -2.25. The molecule has 1 unspecified atom stereocenters. The second-order valence-electron chi connectivity index (χ2n) is 6.53. The fourth-order valence-electron chi connectivity index (χ4n) is 3.29. The number of halogens is 1. The number of hydrogen-bond acceptors (Lipinski definition) is 5. The topological polar surface area (TPSA) is 98.9 Å². The summed E-state index contributed by atoms with van der Waals surface area (Å²) in [4.78, 5) is 23.1. The highest BCUT2D eigenvalue weighted by Gasteiger charge is 2.30. The Labute approximate surface area is 154 Å². The summed E-state index contributed by atoms with van der Waals surface area (Å²) < 4.78 is 23.4. The van der Waals surface area contributed by atoms with E-state index in [0.29, 0.717) is 41.4 Å². The summed E-state index contributed by atoms with van der Waals surface area (Å²) in [6.45, 7) is 1.22. The van der Waals surface area contributed by atoms with E-state index in [1.165, 1.54) is 6.26 Å². The van der Waals surface area contributed by atoms with Crippen molar-refractivity contribution in [3.05, 3.63) is 45.8 Å². The van der Waals surface area contributed by atoms with E-state index in [-0.39, 0.29) is 10.9 Å². The molecule has 26 heavy (non-hydrogen) atoms. The van der Waals surface area contributed by atoms with Crippen LogP contribution in [0.3, 0.4) is 0 Å². The SMILES string of the molecule is CS(=O)(=O)C1CCN(c2ccc(-c3nc4[nH]c(=O)[nH]c4cc3Cl)cc2)C1. The van der Waals surface area contributed by atoms with Crippen molar-refractivity contribution < 1.29 is 8.42 Å². The molecule has 0 saturated carbocycles. The number of anilines is 1. The van der Waals surface area contributed by atoms with Crippen LogP contribution in [-0.2, 0) is 9.84 Å². The lowest BCUT2D eigenvalue weighted by molar-refractivity contribution is 0.589. The van der Waals surface area contributed by atoms with Crippen LogP contribution < -0.4 is 10.6 Å². The second-order valence-corrected chi connectivity index (χ2v) is 9.26. The maximum absolute atomic E-state index is 11.7. The molecule has 3 aromatic rings. The number of benzene rings is 1. The largest absolute Gasteiger partial charge is 0.370 e. The molecule has 1 aliphatic rings. The molecule has 2 aromatic heterocycles. The maximum Gasteiger partial charge on any atom is 0.325 e. The number of aromatic amines is 2. The third kappa shape index (κ3) is 3.10. The molecule has 0 amide bonds. The Morgan fingerprint density at radius 3 is 2.62 bits per heavy atom. The van der Waals surface area contributed by atoms with Crippen molar-refractivity contribution in [1.29, 1.82) is 0 Å². The first-order chi connectivity index (χ1) is 12.3. The fraction of sp³-hybridized carbons (Fsp3) is 0.294. The van der Waals surface area contributed by atoms with Crippen LogP contribution in [0.1, 0.15) is 6.42 Å². The number of fused-ring (bicyclic) bond motifs is 1. The van der Waals surface area contributed by atoms with Crippen LogP contribution in [0.15, 0.2) is 35.1 Å². The molecule has 0 spiro atoms. The molecule has 0 bridgehead atoms. The number of nitrogens with one attached hydrogen (secondary N) is 2. The summed E-state index contributed by atoms with van der Waals surface area (Å²) in [6.07, 6.45) is 1.94. The molecule has 1 aromatic carbocycles. The average molecular weight is 393 g/mol. The van der Waals surface area contributed by atoms with Crippen LogP contribution in [0.5, 0.6) is 0 Å². The van der Waals surface area contributed by atoms with Gasteiger partial charge in [-0.15, -0.1) is 0 Å². The Bertz CT molecular complexity index is 1140. The third-order valence-corrected chi connectivity index (χ3v) is 6.60. The normalized spacial score (nSPS) is 17.9. The molecule has 0 aliphatic carbocycles. The van der Waals surface area contributed by atoms with E-state index in [4.69, 9.17) is 11.6 Å². The van der Waals surface area contributed by atoms with Crippen LogP contribution in [0.25, 0.3) is 22.4 Å². The van der Waals surface area contributed by atoms with E-state index in [1.807, 2.05) is 24.3 Å². The molecule has 1 saturated heterocycles. The van der Waals surface area contributed by atoms with Crippen molar-refractivity contribution in [3.8, 4) is 11.3 Å². The highest BCUT2D eigenvalue weighted by Crippen LogP contribution is 2.30. The van der Waals surface area contributed by atoms with Crippen molar-refractivity contribution >= 4 is 38.3 Å². The van der Waals surface area contributed by atoms with Gasteiger partial charge in [-0.25, -0.2) is 18.2 Å². The van der Waals surface area contributed by atoms with E-state index in [0.717, 1.165) is 11.3 Å². The molecule has 2 N–H and O–H groups in total. The molecular weight excluding hydrogens is 376 g/mol. The Kier molecular flexibility index (Phi) is 4.04. The Hall–Kier alpha value is -2.32. The number of aromatic nitrogens is 3. The number of nitrogens with zero attached hydrogens (tertiary/aromatic N) is 2. The van der Waals surface area contributed by atoms with Gasteiger partial charge in [-0.05, 0) is 24.6 Å². The van der Waals surface area contributed by atoms with Gasteiger partial charge in [-0.1, -0.05) is 23.7 Å². The van der Waals surface area contributed by atoms with Gasteiger partial charge in [-0.2, -0.15) is 0 Å². The molecule has 9 heteroatoms. The predicted molar refractivity (Wildman–Crippen MR) is 103 cm³/mol. The zero-order valence-corrected chi connectivity index (χ0v) is 15.6. The van der Waals surface area contributed by atoms with Gasteiger partial charge in [0.1, 0.15) is 0 Å². The molecule has 1 fully saturated rings. The van der Waals surface area contributed by atoms with Gasteiger partial charge >= 0.3 is 5.69 Å². The zero-order valence-electron chi connectivity index (χ0n) is 14.0. The molecular formula is C17H17ClN4O3S. The van der Waals surface area contributed by atoms with Crippen molar-refractivity contribution in [2.45, 2.75) is 11.7 Å². The Morgan fingerprint density at radius 2 is 1.96 bits per heavy atom. The van der Waals surface area contributed by atoms with Gasteiger partial charge < -0.3 is 9.88 Å². The minimum Gasteiger partial charge on any atom is -0.370 e. The summed E-state index contributed by atoms with van der Waals surface area (Å²) in [5.41, 5.74) is 3.05. The Morgan fingerprint density at radius 1 is 1.23 bits per heavy atom. The summed E-state index contributed by atoms with van der Waals surface area (Å²) in [6, 6.07) is 9.33. The maximum atomic E-state index is 11.7. The lowest BCUT2D eigenvalue weighted by atomic mass is 10.1. The van der Waals surface area contributed by atoms with Crippen molar-refractivity contribution in [3.63, 3.8) is 0 Å². The summed E-state index contributed by atoms with van der Waals surface area (Å²) in [5, 5.41) is 0.130. The fourth-order valence-corrected chi connectivity index (χ4v) is 4.53. The summed E-state index contributed by atoms with van der Waals surface area (Å²) >= 11 is 6.31. The predicted octanol–water partition coefficient (Wildman–Crippen LogP) is 2.19. The Balaban J connectivity index is 1.62. The van der Waals surface area contributed by atoms with Gasteiger partial charge in [0.2, 0.25) is 0 Å². The van der Waals surface area contributed by atoms with Crippen molar-refractivity contribution in [2.75, 3.05) is 24.2 Å². The third-order valence-electron chi connectivity index (χ3n) is 4.71. The van der Waals surface area contributed by atoms with Crippen LogP contribution >= 0.6 is 11.6 Å². The van der Waals surface area contributed by atoms with Crippen LogP contribution in [0.4, 0.5) is 5.69 Å². The van der Waals surface area contributed by atoms with Crippen LogP contribution in [-0.4, -0.2) is 48.0 Å². The van der Waals surface area contributed by atoms with Crippen LogP contribution in [0.2, 0.25) is 5.02 Å². The smallest absolute Gasteiger partial charge is 0.325 e. The molecule has 7 nitrogen and oxygen atoms in total. The monoisotopic (exact) mass is 392 g/mol. The van der Waals surface area contributed by atoms with Crippen molar-refractivity contribution in [1.82, 2.24) is 15.0 Å². The van der Waals surface area contributed by atoms with Gasteiger partial charge in [0, 0.05) is 30.6 Å². The van der Waals surface area contributed by atoms with Gasteiger partial charge in [-0.3, -0.25) is 4.98 Å². The molecule has 1 aliphatic heterocycles. The molecule has 1 atom stereocenters. The summed E-state index contributed by atoms with van der Waals surface area (Å²) in [7, 11) is -3.02. The molecule has 0 radical (unpaired) electrons. The zero-order chi connectivity index (χ0) is 18.5. The van der Waals surface area contributed by atoms with Gasteiger partial charge in [0.15, 0.2) is 15.5 Å². The minimum atomic E-state index is -3.02. The van der Waals surface area contributed by atoms with E-state index in [9.17, 15) is 13.2 Å². The number of imidazole rings is 1. The van der Waals surface area contributed by atoms with Crippen molar-refractivity contribution in [2.24, 2.45) is 0 Å².